The number of rotatable bonds is 0. The van der Waals surface area contributed by atoms with Gasteiger partial charge in [0.05, 0.1) is 6.61 Å². The Morgan fingerprint density at radius 3 is 1.65 bits per heavy atom. The number of nitrogens with zero attached hydrogens (tertiary/aromatic N) is 6. The number of ether oxygens (including phenoxy) is 1. The molecule has 1 aromatic carbocycles. The van der Waals surface area contributed by atoms with Crippen LogP contribution in [-0.4, -0.2) is 6.61 Å². The zero-order chi connectivity index (χ0) is 17.5. The SMILES string of the molecule is N#[C][Fe]([C]#N)([C]#N)([C]#N)([C]#N)[C]#N.c1ccc2c(c1)CCCO2. The molecular formula is C15H10FeN6O. The molecule has 0 saturated carbocycles. The predicted molar refractivity (Wildman–Crippen MR) is 73.9 cm³/mol. The standard InChI is InChI=1S/C9H10O.6CN.Fe/c1-2-6-9-8(4-1)5-3-7-10-9;6*1-2;/h1-2,4,6H,3,5,7H2;;;;;;;. The molecule has 0 bridgehead atoms. The average molecular weight is 346 g/mol. The first-order valence-corrected chi connectivity index (χ1v) is 9.39. The Bertz CT molecular complexity index is 741. The van der Waals surface area contributed by atoms with Crippen molar-refractivity contribution >= 4 is 0 Å². The van der Waals surface area contributed by atoms with Gasteiger partial charge in [-0.25, -0.2) is 0 Å². The van der Waals surface area contributed by atoms with E-state index in [9.17, 15) is 0 Å². The molecule has 23 heavy (non-hydrogen) atoms. The first kappa shape index (κ1) is 17.5. The second kappa shape index (κ2) is 5.70. The largest absolute Gasteiger partial charge is 0.493 e. The van der Waals surface area contributed by atoms with Crippen LogP contribution >= 0.6 is 0 Å². The molecule has 7 nitrogen and oxygen atoms in total. The van der Waals surface area contributed by atoms with Crippen LogP contribution in [-0.2, 0) is 17.2 Å². The van der Waals surface area contributed by atoms with Crippen LogP contribution in [0, 0.1) is 61.4 Å². The molecule has 1 aromatic rings. The zero-order valence-corrected chi connectivity index (χ0v) is 13.0. The fourth-order valence-electron chi connectivity index (χ4n) is 1.56. The Kier molecular flexibility index (Phi) is 4.34. The minimum atomic E-state index is -6.17. The van der Waals surface area contributed by atoms with Gasteiger partial charge >= 0.3 is 72.1 Å². The number of para-hydroxylation sites is 1. The maximum absolute atomic E-state index is 8.58. The quantitative estimate of drug-likeness (QED) is 0.652. The van der Waals surface area contributed by atoms with Crippen molar-refractivity contribution in [2.75, 3.05) is 6.61 Å². The molecule has 1 heterocycles. The molecule has 1 aliphatic rings. The minimum absolute atomic E-state index is 0.886. The number of hydrogen-bond acceptors (Lipinski definition) is 7. The van der Waals surface area contributed by atoms with Crippen LogP contribution in [0.25, 0.3) is 0 Å². The molecule has 8 heteroatoms. The van der Waals surface area contributed by atoms with E-state index in [2.05, 4.69) is 12.1 Å². The van der Waals surface area contributed by atoms with Crippen LogP contribution in [0.3, 0.4) is 0 Å². The molecule has 0 amide bonds. The molecule has 0 fully saturated rings. The van der Waals surface area contributed by atoms with E-state index in [-0.39, 0.29) is 0 Å². The third-order valence-corrected chi connectivity index (χ3v) is 6.71. The van der Waals surface area contributed by atoms with E-state index in [4.69, 9.17) is 36.3 Å². The van der Waals surface area contributed by atoms with Gasteiger partial charge < -0.3 is 4.74 Å². The molecular weight excluding hydrogens is 336 g/mol. The van der Waals surface area contributed by atoms with Gasteiger partial charge in [-0.2, -0.15) is 0 Å². The molecule has 0 aromatic heterocycles. The normalized spacial score (nSPS) is 14.3. The van der Waals surface area contributed by atoms with Gasteiger partial charge in [-0.1, -0.05) is 18.2 Å². The molecule has 0 spiro atoms. The summed E-state index contributed by atoms with van der Waals surface area (Å²) in [5.41, 5.74) is 1.36. The first-order valence-electron chi connectivity index (χ1n) is 6.08. The summed E-state index contributed by atoms with van der Waals surface area (Å²) in [4.78, 5) is 6.19. The van der Waals surface area contributed by atoms with Gasteiger partial charge in [-0.3, -0.25) is 0 Å². The summed E-state index contributed by atoms with van der Waals surface area (Å²) < 4.78 is 5.42. The second-order valence-electron chi connectivity index (χ2n) is 4.36. The molecule has 0 saturated heterocycles. The van der Waals surface area contributed by atoms with Crippen molar-refractivity contribution in [3.8, 4) is 35.6 Å². The van der Waals surface area contributed by atoms with Crippen molar-refractivity contribution in [2.45, 2.75) is 12.8 Å². The van der Waals surface area contributed by atoms with E-state index < -0.39 is 10.7 Å². The number of hydrogen-bond donors (Lipinski definition) is 0. The smallest absolute Gasteiger partial charge is 0.122 e. The van der Waals surface area contributed by atoms with Crippen LogP contribution in [0.15, 0.2) is 24.3 Å². The van der Waals surface area contributed by atoms with Gasteiger partial charge in [0.2, 0.25) is 0 Å². The summed E-state index contributed by atoms with van der Waals surface area (Å²) >= 11 is 0. The Balaban J connectivity index is 0.000000235. The monoisotopic (exact) mass is 346 g/mol. The maximum atomic E-state index is 8.58. The van der Waals surface area contributed by atoms with Crippen LogP contribution in [0.5, 0.6) is 5.75 Å². The summed E-state index contributed by atoms with van der Waals surface area (Å²) in [6.07, 6.45) is 2.34. The van der Waals surface area contributed by atoms with Crippen LogP contribution in [0.1, 0.15) is 12.0 Å². The number of aryl methyl sites for hydroxylation is 1. The van der Waals surface area contributed by atoms with Crippen molar-refractivity contribution < 1.29 is 15.5 Å². The van der Waals surface area contributed by atoms with Crippen LogP contribution < -0.4 is 4.74 Å². The molecule has 0 atom stereocenters. The van der Waals surface area contributed by atoms with Gasteiger partial charge in [0.15, 0.2) is 0 Å². The number of fused-ring (bicyclic) bond motifs is 1. The van der Waals surface area contributed by atoms with Gasteiger partial charge in [0.1, 0.15) is 5.75 Å². The Labute approximate surface area is 132 Å². The third-order valence-electron chi connectivity index (χ3n) is 3.01. The van der Waals surface area contributed by atoms with E-state index in [1.807, 2.05) is 12.1 Å². The fourth-order valence-corrected chi connectivity index (χ4v) is 2.39. The summed E-state index contributed by atoms with van der Waals surface area (Å²) in [6.45, 7) is 0.886. The maximum Gasteiger partial charge on any atom is 0.122 e. The summed E-state index contributed by atoms with van der Waals surface area (Å²) in [5, 5.41) is 51.5. The van der Waals surface area contributed by atoms with E-state index in [1.165, 1.54) is 12.0 Å². The Morgan fingerprint density at radius 2 is 1.26 bits per heavy atom. The number of benzene rings is 1. The molecule has 0 radical (unpaired) electrons. The van der Waals surface area contributed by atoms with E-state index in [1.54, 1.807) is 0 Å². The Hall–Kier alpha value is -3.52. The topological polar surface area (TPSA) is 152 Å². The Morgan fingerprint density at radius 1 is 0.783 bits per heavy atom. The molecule has 0 unspecified atom stereocenters. The number of nitriles is 6. The second-order valence-corrected chi connectivity index (χ2v) is 9.98. The minimum Gasteiger partial charge on any atom is -0.493 e. The summed E-state index contributed by atoms with van der Waals surface area (Å²) in [6, 6.07) is 8.25. The predicted octanol–water partition coefficient (Wildman–Crippen LogP) is 2.11. The van der Waals surface area contributed by atoms with Gasteiger partial charge in [0.25, 0.3) is 0 Å². The van der Waals surface area contributed by atoms with Crippen LogP contribution in [0.4, 0.5) is 0 Å². The van der Waals surface area contributed by atoms with E-state index >= 15 is 0 Å². The van der Waals surface area contributed by atoms with Crippen LogP contribution in [0.2, 0.25) is 0 Å². The molecule has 0 aliphatic carbocycles. The van der Waals surface area contributed by atoms with Crippen molar-refractivity contribution in [3.63, 3.8) is 0 Å². The third kappa shape index (κ3) is 2.54. The van der Waals surface area contributed by atoms with Gasteiger partial charge in [-0.05, 0) is 24.5 Å². The van der Waals surface area contributed by atoms with Crippen molar-refractivity contribution in [3.05, 3.63) is 29.8 Å². The van der Waals surface area contributed by atoms with Gasteiger partial charge in [0, 0.05) is 0 Å². The molecule has 2 rings (SSSR count). The fraction of sp³-hybridized carbons (Fsp3) is 0.200. The molecule has 114 valence electrons. The molecule has 0 N–H and O–H groups in total. The summed E-state index contributed by atoms with van der Waals surface area (Å²) in [7, 11) is -6.17. The van der Waals surface area contributed by atoms with E-state index in [0.717, 1.165) is 48.6 Å². The van der Waals surface area contributed by atoms with E-state index in [0.29, 0.717) is 0 Å². The van der Waals surface area contributed by atoms with Crippen molar-refractivity contribution in [2.24, 2.45) is 0 Å². The molecule has 1 aliphatic heterocycles. The van der Waals surface area contributed by atoms with Crippen molar-refractivity contribution in [1.29, 1.82) is 31.6 Å². The van der Waals surface area contributed by atoms with Crippen molar-refractivity contribution in [1.82, 2.24) is 0 Å². The summed E-state index contributed by atoms with van der Waals surface area (Å²) in [5.74, 6) is 1.08. The average Bonchev–Trinajstić information content (AvgIpc) is 2.67. The van der Waals surface area contributed by atoms with Gasteiger partial charge in [-0.15, -0.1) is 0 Å². The zero-order valence-electron chi connectivity index (χ0n) is 11.9. The first-order chi connectivity index (χ1) is 10.9.